The van der Waals surface area contributed by atoms with Crippen LogP contribution in [-0.2, 0) is 14.3 Å². The second kappa shape index (κ2) is 9.96. The van der Waals surface area contributed by atoms with Crippen molar-refractivity contribution in [3.63, 3.8) is 0 Å². The minimum atomic E-state index is -0.283. The number of amides is 1. The number of benzene rings is 1. The highest BCUT2D eigenvalue weighted by Gasteiger charge is 2.21. The highest BCUT2D eigenvalue weighted by Crippen LogP contribution is 2.22. The van der Waals surface area contributed by atoms with Crippen molar-refractivity contribution in [1.29, 1.82) is 0 Å². The topological polar surface area (TPSA) is 55.8 Å². The molecule has 0 aliphatic carbocycles. The molecule has 1 atom stereocenters. The Morgan fingerprint density at radius 3 is 2.33 bits per heavy atom. The number of hydrogen-bond donors (Lipinski definition) is 0. The van der Waals surface area contributed by atoms with Gasteiger partial charge in [0.15, 0.2) is 6.61 Å². The van der Waals surface area contributed by atoms with E-state index in [0.717, 1.165) is 23.3 Å². The maximum atomic E-state index is 12.6. The Balaban J connectivity index is 2.69. The van der Waals surface area contributed by atoms with Crippen LogP contribution in [0.15, 0.2) is 18.2 Å². The lowest BCUT2D eigenvalue weighted by molar-refractivity contribution is -0.144. The molecule has 24 heavy (non-hydrogen) atoms. The van der Waals surface area contributed by atoms with E-state index in [4.69, 9.17) is 9.47 Å². The van der Waals surface area contributed by atoms with Crippen molar-refractivity contribution in [2.45, 2.75) is 53.5 Å². The molecule has 0 aromatic heterocycles. The van der Waals surface area contributed by atoms with Crippen LogP contribution >= 0.6 is 0 Å². The van der Waals surface area contributed by atoms with Gasteiger partial charge in [0.1, 0.15) is 5.75 Å². The van der Waals surface area contributed by atoms with Crippen LogP contribution in [0.3, 0.4) is 0 Å². The molecule has 0 spiro atoms. The van der Waals surface area contributed by atoms with Gasteiger partial charge < -0.3 is 14.4 Å². The van der Waals surface area contributed by atoms with Crippen LogP contribution in [0.4, 0.5) is 0 Å². The zero-order valence-corrected chi connectivity index (χ0v) is 15.4. The normalized spacial score (nSPS) is 11.7. The summed E-state index contributed by atoms with van der Waals surface area (Å²) >= 11 is 0. The molecule has 134 valence electrons. The summed E-state index contributed by atoms with van der Waals surface area (Å²) in [5.41, 5.74) is 2.01. The number of rotatable bonds is 9. The van der Waals surface area contributed by atoms with Gasteiger partial charge in [-0.05, 0) is 45.2 Å². The third-order valence-electron chi connectivity index (χ3n) is 4.05. The van der Waals surface area contributed by atoms with Gasteiger partial charge in [0.05, 0.1) is 13.0 Å². The average molecular weight is 335 g/mol. The molecule has 0 aliphatic rings. The van der Waals surface area contributed by atoms with Gasteiger partial charge in [0, 0.05) is 12.6 Å². The Morgan fingerprint density at radius 2 is 1.79 bits per heavy atom. The lowest BCUT2D eigenvalue weighted by Crippen LogP contribution is -2.42. The molecule has 0 unspecified atom stereocenters. The van der Waals surface area contributed by atoms with Gasteiger partial charge in [-0.25, -0.2) is 0 Å². The van der Waals surface area contributed by atoms with Crippen molar-refractivity contribution < 1.29 is 19.1 Å². The lowest BCUT2D eigenvalue weighted by atomic mass is 10.1. The molecule has 5 heteroatoms. The molecule has 0 saturated heterocycles. The first-order valence-electron chi connectivity index (χ1n) is 8.54. The van der Waals surface area contributed by atoms with Gasteiger partial charge in [-0.2, -0.15) is 0 Å². The van der Waals surface area contributed by atoms with Crippen LogP contribution in [0.5, 0.6) is 5.75 Å². The average Bonchev–Trinajstić information content (AvgIpc) is 2.54. The van der Waals surface area contributed by atoms with E-state index in [1.54, 1.807) is 11.8 Å². The van der Waals surface area contributed by atoms with E-state index in [0.29, 0.717) is 13.2 Å². The molecular formula is C19H29NO4. The van der Waals surface area contributed by atoms with E-state index in [1.807, 2.05) is 45.9 Å². The summed E-state index contributed by atoms with van der Waals surface area (Å²) in [5, 5.41) is 0. The van der Waals surface area contributed by atoms with Crippen LogP contribution in [0.2, 0.25) is 0 Å². The summed E-state index contributed by atoms with van der Waals surface area (Å²) < 4.78 is 10.7. The molecule has 0 radical (unpaired) electrons. The van der Waals surface area contributed by atoms with Crippen molar-refractivity contribution in [2.75, 3.05) is 19.8 Å². The quantitative estimate of drug-likeness (QED) is 0.650. The van der Waals surface area contributed by atoms with Crippen molar-refractivity contribution >= 4 is 11.9 Å². The fourth-order valence-corrected chi connectivity index (χ4v) is 2.50. The number of carbonyl (C=O) groups excluding carboxylic acids is 2. The van der Waals surface area contributed by atoms with Crippen molar-refractivity contribution in [3.8, 4) is 5.75 Å². The first-order chi connectivity index (χ1) is 11.4. The van der Waals surface area contributed by atoms with E-state index < -0.39 is 0 Å². The summed E-state index contributed by atoms with van der Waals surface area (Å²) in [7, 11) is 0. The van der Waals surface area contributed by atoms with E-state index in [2.05, 4.69) is 0 Å². The van der Waals surface area contributed by atoms with Gasteiger partial charge in [-0.15, -0.1) is 0 Å². The number of para-hydroxylation sites is 1. The lowest BCUT2D eigenvalue weighted by Gasteiger charge is -2.28. The van der Waals surface area contributed by atoms with Crippen LogP contribution in [0.1, 0.15) is 44.7 Å². The van der Waals surface area contributed by atoms with E-state index in [1.165, 1.54) is 0 Å². The van der Waals surface area contributed by atoms with Crippen molar-refractivity contribution in [1.82, 2.24) is 4.90 Å². The second-order valence-corrected chi connectivity index (χ2v) is 5.91. The summed E-state index contributed by atoms with van der Waals surface area (Å²) in [6.45, 7) is 10.4. The standard InChI is InChI=1S/C19H29NO4/c1-6-16(5)20(12-11-18(22)23-7-2)17(21)13-24-19-14(3)9-8-10-15(19)4/h8-10,16H,6-7,11-13H2,1-5H3/t16-/m0/s1. The molecule has 0 bridgehead atoms. The minimum absolute atomic E-state index is 0.0289. The van der Waals surface area contributed by atoms with Crippen molar-refractivity contribution in [3.05, 3.63) is 29.3 Å². The van der Waals surface area contributed by atoms with Gasteiger partial charge in [-0.1, -0.05) is 25.1 Å². The number of ether oxygens (including phenoxy) is 2. The highest BCUT2D eigenvalue weighted by atomic mass is 16.5. The monoisotopic (exact) mass is 335 g/mol. The first-order valence-corrected chi connectivity index (χ1v) is 8.54. The van der Waals surface area contributed by atoms with Gasteiger partial charge >= 0.3 is 5.97 Å². The van der Waals surface area contributed by atoms with Gasteiger partial charge in [-0.3, -0.25) is 9.59 Å². The summed E-state index contributed by atoms with van der Waals surface area (Å²) in [6, 6.07) is 5.93. The zero-order chi connectivity index (χ0) is 18.1. The molecule has 0 heterocycles. The van der Waals surface area contributed by atoms with Gasteiger partial charge in [0.2, 0.25) is 0 Å². The summed E-state index contributed by atoms with van der Waals surface area (Å²) in [4.78, 5) is 25.8. The van der Waals surface area contributed by atoms with Gasteiger partial charge in [0.25, 0.3) is 5.91 Å². The minimum Gasteiger partial charge on any atom is -0.483 e. The second-order valence-electron chi connectivity index (χ2n) is 5.91. The molecule has 0 N–H and O–H groups in total. The number of nitrogens with zero attached hydrogens (tertiary/aromatic N) is 1. The molecule has 0 saturated carbocycles. The van der Waals surface area contributed by atoms with Crippen molar-refractivity contribution in [2.24, 2.45) is 0 Å². The van der Waals surface area contributed by atoms with Crippen LogP contribution in [0, 0.1) is 13.8 Å². The Bertz CT molecular complexity index is 536. The number of esters is 1. The molecule has 0 aliphatic heterocycles. The fourth-order valence-electron chi connectivity index (χ4n) is 2.50. The number of hydrogen-bond acceptors (Lipinski definition) is 4. The molecular weight excluding hydrogens is 306 g/mol. The Hall–Kier alpha value is -2.04. The molecule has 5 nitrogen and oxygen atoms in total. The summed E-state index contributed by atoms with van der Waals surface area (Å²) in [5.74, 6) is 0.353. The molecule has 1 amide bonds. The van der Waals surface area contributed by atoms with Crippen LogP contribution in [-0.4, -0.2) is 42.6 Å². The van der Waals surface area contributed by atoms with Crippen LogP contribution in [0.25, 0.3) is 0 Å². The van der Waals surface area contributed by atoms with E-state index in [-0.39, 0.29) is 30.9 Å². The number of aryl methyl sites for hydroxylation is 2. The van der Waals surface area contributed by atoms with Crippen LogP contribution < -0.4 is 4.74 Å². The maximum absolute atomic E-state index is 12.6. The SMILES string of the molecule is CCOC(=O)CCN(C(=O)COc1c(C)cccc1C)[C@@H](C)CC. The van der Waals surface area contributed by atoms with E-state index in [9.17, 15) is 9.59 Å². The maximum Gasteiger partial charge on any atom is 0.307 e. The molecule has 1 aromatic rings. The zero-order valence-electron chi connectivity index (χ0n) is 15.4. The third kappa shape index (κ3) is 5.87. The Labute approximate surface area is 144 Å². The Kier molecular flexibility index (Phi) is 8.30. The predicted molar refractivity (Wildman–Crippen MR) is 94.1 cm³/mol. The predicted octanol–water partition coefficient (Wildman–Crippen LogP) is 3.26. The van der Waals surface area contributed by atoms with E-state index >= 15 is 0 Å². The summed E-state index contributed by atoms with van der Waals surface area (Å²) in [6.07, 6.45) is 1.02. The smallest absolute Gasteiger partial charge is 0.307 e. The molecule has 0 fully saturated rings. The fraction of sp³-hybridized carbons (Fsp3) is 0.579. The largest absolute Gasteiger partial charge is 0.483 e. The third-order valence-corrected chi connectivity index (χ3v) is 4.05. The number of carbonyl (C=O) groups is 2. The first kappa shape index (κ1) is 20.0. The molecule has 1 rings (SSSR count). The highest BCUT2D eigenvalue weighted by molar-refractivity contribution is 5.79. The Morgan fingerprint density at radius 1 is 1.17 bits per heavy atom. The molecule has 1 aromatic carbocycles.